The summed E-state index contributed by atoms with van der Waals surface area (Å²) in [4.78, 5) is 0. The number of nitrogens with one attached hydrogen (secondary N) is 1. The summed E-state index contributed by atoms with van der Waals surface area (Å²) in [6.07, 6.45) is 3.86. The van der Waals surface area contributed by atoms with E-state index in [1.165, 1.54) is 24.8 Å². The number of hydrogen-bond donors (Lipinski definition) is 1. The van der Waals surface area contributed by atoms with Crippen LogP contribution in [0.4, 0.5) is 0 Å². The van der Waals surface area contributed by atoms with Crippen LogP contribution in [-0.2, 0) is 6.42 Å². The summed E-state index contributed by atoms with van der Waals surface area (Å²) in [7, 11) is 0. The summed E-state index contributed by atoms with van der Waals surface area (Å²) < 4.78 is 1.15. The molecule has 2 atom stereocenters. The third-order valence-electron chi connectivity index (χ3n) is 4.51. The Balaban J connectivity index is 1.66. The quantitative estimate of drug-likeness (QED) is 0.802. The summed E-state index contributed by atoms with van der Waals surface area (Å²) in [6.45, 7) is 3.31. The third kappa shape index (κ3) is 3.56. The lowest BCUT2D eigenvalue weighted by Gasteiger charge is -2.27. The summed E-state index contributed by atoms with van der Waals surface area (Å²) in [6, 6.07) is 17.9. The molecule has 0 fully saturated rings. The van der Waals surface area contributed by atoms with Crippen LogP contribution in [0.1, 0.15) is 48.4 Å². The molecule has 1 aliphatic carbocycles. The molecule has 0 aromatic heterocycles. The normalized spacial score (nSPS) is 19.0. The van der Waals surface area contributed by atoms with Crippen LogP contribution in [0.2, 0.25) is 0 Å². The lowest BCUT2D eigenvalue weighted by atomic mass is 9.82. The second kappa shape index (κ2) is 6.76. The second-order valence-electron chi connectivity index (χ2n) is 5.97. The van der Waals surface area contributed by atoms with Crippen molar-refractivity contribution in [2.24, 2.45) is 0 Å². The van der Waals surface area contributed by atoms with Gasteiger partial charge < -0.3 is 5.32 Å². The highest BCUT2D eigenvalue weighted by Crippen LogP contribution is 2.31. The van der Waals surface area contributed by atoms with Crippen molar-refractivity contribution >= 4 is 15.9 Å². The molecule has 3 rings (SSSR count). The maximum atomic E-state index is 3.72. The molecule has 0 bridgehead atoms. The van der Waals surface area contributed by atoms with Gasteiger partial charge in [0.15, 0.2) is 0 Å². The molecule has 2 heteroatoms. The van der Waals surface area contributed by atoms with E-state index in [-0.39, 0.29) is 0 Å². The molecular formula is C19H22BrN. The van der Waals surface area contributed by atoms with Crippen molar-refractivity contribution in [1.29, 1.82) is 0 Å². The van der Waals surface area contributed by atoms with Crippen molar-refractivity contribution in [3.63, 3.8) is 0 Å². The van der Waals surface area contributed by atoms with Crippen LogP contribution in [0.15, 0.2) is 53.0 Å². The molecule has 0 heterocycles. The van der Waals surface area contributed by atoms with Gasteiger partial charge in [0.1, 0.15) is 0 Å². The van der Waals surface area contributed by atoms with Crippen molar-refractivity contribution in [2.45, 2.75) is 38.1 Å². The highest BCUT2D eigenvalue weighted by atomic mass is 79.9. The number of hydrogen-bond acceptors (Lipinski definition) is 1. The van der Waals surface area contributed by atoms with E-state index < -0.39 is 0 Å². The lowest BCUT2D eigenvalue weighted by Crippen LogP contribution is -2.26. The Hall–Kier alpha value is -1.12. The van der Waals surface area contributed by atoms with E-state index in [1.54, 1.807) is 11.1 Å². The molecule has 1 aliphatic rings. The van der Waals surface area contributed by atoms with Gasteiger partial charge in [0, 0.05) is 17.1 Å². The SMILES string of the molecule is CC(NCC1CCCc2ccccc21)c1cccc(Br)c1. The first kappa shape index (κ1) is 14.8. The number of halogens is 1. The fourth-order valence-electron chi connectivity index (χ4n) is 3.28. The van der Waals surface area contributed by atoms with E-state index in [1.807, 2.05) is 0 Å². The predicted molar refractivity (Wildman–Crippen MR) is 92.7 cm³/mol. The van der Waals surface area contributed by atoms with Crippen LogP contribution in [0.3, 0.4) is 0 Å². The maximum Gasteiger partial charge on any atom is 0.0292 e. The average Bonchev–Trinajstić information content (AvgIpc) is 2.52. The van der Waals surface area contributed by atoms with Crippen LogP contribution >= 0.6 is 15.9 Å². The Morgan fingerprint density at radius 2 is 2.05 bits per heavy atom. The highest BCUT2D eigenvalue weighted by molar-refractivity contribution is 9.10. The van der Waals surface area contributed by atoms with Crippen molar-refractivity contribution in [2.75, 3.05) is 6.54 Å². The molecule has 1 N–H and O–H groups in total. The molecule has 0 aliphatic heterocycles. The van der Waals surface area contributed by atoms with E-state index >= 15 is 0 Å². The molecule has 2 unspecified atom stereocenters. The van der Waals surface area contributed by atoms with E-state index in [2.05, 4.69) is 76.7 Å². The first-order chi connectivity index (χ1) is 10.2. The van der Waals surface area contributed by atoms with E-state index in [4.69, 9.17) is 0 Å². The van der Waals surface area contributed by atoms with Gasteiger partial charge >= 0.3 is 0 Å². The first-order valence-corrected chi connectivity index (χ1v) is 8.60. The van der Waals surface area contributed by atoms with Crippen LogP contribution in [0, 0.1) is 0 Å². The molecule has 1 nitrogen and oxygen atoms in total. The van der Waals surface area contributed by atoms with Gasteiger partial charge in [0.2, 0.25) is 0 Å². The Morgan fingerprint density at radius 3 is 2.90 bits per heavy atom. The van der Waals surface area contributed by atoms with Gasteiger partial charge in [-0.15, -0.1) is 0 Å². The molecule has 0 saturated heterocycles. The van der Waals surface area contributed by atoms with Crippen molar-refractivity contribution in [3.05, 3.63) is 69.7 Å². The van der Waals surface area contributed by atoms with Gasteiger partial charge in [0.05, 0.1) is 0 Å². The lowest BCUT2D eigenvalue weighted by molar-refractivity contribution is 0.473. The predicted octanol–water partition coefficient (Wildman–Crippen LogP) is 5.22. The smallest absolute Gasteiger partial charge is 0.0292 e. The highest BCUT2D eigenvalue weighted by Gasteiger charge is 2.20. The van der Waals surface area contributed by atoms with E-state index in [9.17, 15) is 0 Å². The Kier molecular flexibility index (Phi) is 4.77. The van der Waals surface area contributed by atoms with Crippen molar-refractivity contribution in [3.8, 4) is 0 Å². The minimum absolute atomic E-state index is 0.386. The average molecular weight is 344 g/mol. The van der Waals surface area contributed by atoms with E-state index in [0.29, 0.717) is 12.0 Å². The fraction of sp³-hybridized carbons (Fsp3) is 0.368. The topological polar surface area (TPSA) is 12.0 Å². The monoisotopic (exact) mass is 343 g/mol. The van der Waals surface area contributed by atoms with Crippen molar-refractivity contribution < 1.29 is 0 Å². The number of fused-ring (bicyclic) bond motifs is 1. The molecule has 2 aromatic carbocycles. The molecule has 0 saturated carbocycles. The van der Waals surface area contributed by atoms with Gasteiger partial charge in [0.25, 0.3) is 0 Å². The molecule has 2 aromatic rings. The Bertz CT molecular complexity index is 608. The molecule has 110 valence electrons. The molecule has 21 heavy (non-hydrogen) atoms. The molecule has 0 radical (unpaired) electrons. The van der Waals surface area contributed by atoms with Gasteiger partial charge in [-0.2, -0.15) is 0 Å². The zero-order valence-corrected chi connectivity index (χ0v) is 14.1. The number of benzene rings is 2. The van der Waals surface area contributed by atoms with E-state index in [0.717, 1.165) is 11.0 Å². The van der Waals surface area contributed by atoms with Crippen LogP contribution in [0.25, 0.3) is 0 Å². The number of aryl methyl sites for hydroxylation is 1. The molecular weight excluding hydrogens is 322 g/mol. The Morgan fingerprint density at radius 1 is 1.19 bits per heavy atom. The summed E-state index contributed by atoms with van der Waals surface area (Å²) in [5.74, 6) is 0.657. The minimum Gasteiger partial charge on any atom is -0.310 e. The summed E-state index contributed by atoms with van der Waals surface area (Å²) in [5, 5.41) is 3.72. The Labute approximate surface area is 135 Å². The fourth-order valence-corrected chi connectivity index (χ4v) is 3.70. The van der Waals surface area contributed by atoms with Crippen LogP contribution < -0.4 is 5.32 Å². The molecule has 0 amide bonds. The van der Waals surface area contributed by atoms with Crippen LogP contribution in [0.5, 0.6) is 0 Å². The second-order valence-corrected chi connectivity index (χ2v) is 6.89. The maximum absolute atomic E-state index is 3.72. The summed E-state index contributed by atoms with van der Waals surface area (Å²) >= 11 is 3.55. The van der Waals surface area contributed by atoms with Gasteiger partial charge in [-0.3, -0.25) is 0 Å². The zero-order chi connectivity index (χ0) is 14.7. The minimum atomic E-state index is 0.386. The van der Waals surface area contributed by atoms with Gasteiger partial charge in [-0.25, -0.2) is 0 Å². The van der Waals surface area contributed by atoms with Gasteiger partial charge in [-0.05, 0) is 60.9 Å². The largest absolute Gasteiger partial charge is 0.310 e. The van der Waals surface area contributed by atoms with Crippen molar-refractivity contribution in [1.82, 2.24) is 5.32 Å². The third-order valence-corrected chi connectivity index (χ3v) is 5.01. The van der Waals surface area contributed by atoms with Crippen LogP contribution in [-0.4, -0.2) is 6.54 Å². The number of rotatable bonds is 4. The standard InChI is InChI=1S/C19H22BrN/c1-14(16-8-5-10-18(20)12-16)21-13-17-9-4-7-15-6-2-3-11-19(15)17/h2-3,5-6,8,10-12,14,17,21H,4,7,9,13H2,1H3. The molecule has 0 spiro atoms. The van der Waals surface area contributed by atoms with Gasteiger partial charge in [-0.1, -0.05) is 52.3 Å². The summed E-state index contributed by atoms with van der Waals surface area (Å²) in [5.41, 5.74) is 4.44. The first-order valence-electron chi connectivity index (χ1n) is 7.80. The zero-order valence-electron chi connectivity index (χ0n) is 12.5.